The molecule has 23 nitrogen and oxygen atoms in total. The van der Waals surface area contributed by atoms with Crippen LogP contribution in [-0.4, -0.2) is 197 Å². The summed E-state index contributed by atoms with van der Waals surface area (Å²) in [6.45, 7) is 111. The van der Waals surface area contributed by atoms with E-state index < -0.39 is 0 Å². The van der Waals surface area contributed by atoms with Gasteiger partial charge in [-0.2, -0.15) is 0 Å². The van der Waals surface area contributed by atoms with E-state index >= 15 is 0 Å². The van der Waals surface area contributed by atoms with E-state index in [0.717, 1.165) is 86.2 Å². The number of imidazole rings is 5. The molecule has 0 aromatic carbocycles. The van der Waals surface area contributed by atoms with Crippen molar-refractivity contribution in [2.24, 2.45) is 0 Å². The van der Waals surface area contributed by atoms with Gasteiger partial charge in [-0.25, -0.2) is 24.9 Å². The molecule has 816 valence electrons. The number of nitrogens with zero attached hydrogens (tertiary/aromatic N) is 5. The summed E-state index contributed by atoms with van der Waals surface area (Å²) >= 11 is 0. The molecule has 0 bridgehead atoms. The smallest absolute Gasteiger partial charge is 0.397 e. The predicted molar refractivity (Wildman–Crippen MR) is 579 cm³/mol. The molecule has 5 aromatic rings. The Hall–Kier alpha value is -0.899. The number of aromatic nitrogens is 10. The number of hydrogen-bond acceptors (Lipinski definition) is 18. The normalized spacial score (nSPS) is 10.2. The molecule has 0 fully saturated rings. The molecule has 0 atom stereocenters. The van der Waals surface area contributed by atoms with E-state index in [2.05, 4.69) is 229 Å². The predicted octanol–water partition coefficient (Wildman–Crippen LogP) is 25.3. The Labute approximate surface area is 917 Å². The first kappa shape index (κ1) is 200. The minimum Gasteiger partial charge on any atom is -0.397 e. The Bertz CT molecular complexity index is 2710. The number of aliphatic hydroxyl groups excluding tert-OH is 13. The molecule has 135 heavy (non-hydrogen) atoms. The Morgan fingerprint density at radius 3 is 0.585 bits per heavy atom. The number of hydrogen-bond donors (Lipinski definition) is 18. The number of aryl methyl sites for hydroxylation is 5. The fraction of sp³-hybridized carbons (Fsp3) is 0.794. The van der Waals surface area contributed by atoms with Crippen molar-refractivity contribution in [3.05, 3.63) is 139 Å². The minimum atomic E-state index is -0.167. The standard InChI is InChI=1S/2C17H32N2.C16H30N2.C7H12N2.C6H10N2.11C3H8O.2C2H6O.7CH3.5Ti/c2*1-10-16(6,7)12-13(17(8,9)11-2)19-14(18-12)15(3,4)5;1-9-15(5,6)12-13(16(7,8)10-2)18-14(17-12)11(3)4;1-3-6-5-8-7(4-2)9-6;1-4-5(2)8-6(3)7-4;11*1-3(2)4;2*1-2-3;;;;;;;;;;;;/h2*10-11H2,1-9H3,(H,18,19);11H,9-10H2,1-8H3,(H,17,18);5H,3-4H2,1-2H3,(H,8,9);1-3H3,(H,7,8);11*3-4H,1-2H3;2*3H,2H2,1H3;7*1H3;;;;;/q;;;;;;;;;;;;;;;;;;7*-1;;;;2*+2. The van der Waals surface area contributed by atoms with E-state index in [0.29, 0.717) is 5.92 Å². The Kier molecular flexibility index (Phi) is 161. The van der Waals surface area contributed by atoms with Crippen LogP contribution in [0.25, 0.3) is 0 Å². The Morgan fingerprint density at radius 2 is 0.467 bits per heavy atom. The first-order chi connectivity index (χ1) is 55.0. The molecule has 0 saturated carbocycles. The Balaban J connectivity index is -0.0000000430. The van der Waals surface area contributed by atoms with Gasteiger partial charge >= 0.3 is 43.4 Å². The first-order valence-electron chi connectivity index (χ1n) is 46.1. The van der Waals surface area contributed by atoms with Gasteiger partial charge in [0.05, 0.1) is 22.8 Å². The van der Waals surface area contributed by atoms with Crippen LogP contribution >= 0.6 is 0 Å². The van der Waals surface area contributed by atoms with Crippen molar-refractivity contribution in [2.75, 3.05) is 13.2 Å². The van der Waals surface area contributed by atoms with E-state index in [-0.39, 0.29) is 284 Å². The summed E-state index contributed by atoms with van der Waals surface area (Å²) in [6.07, 6.45) is 8.80. The van der Waals surface area contributed by atoms with Crippen LogP contribution in [0.5, 0.6) is 0 Å². The molecule has 0 aliphatic heterocycles. The Morgan fingerprint density at radius 1 is 0.281 bits per heavy atom. The second-order valence-corrected chi connectivity index (χ2v) is 39.8. The molecule has 5 aromatic heterocycles. The van der Waals surface area contributed by atoms with Gasteiger partial charge in [-0.3, -0.25) is 0 Å². The molecule has 0 aliphatic rings. The number of nitrogens with one attached hydrogen (secondary N) is 5. The van der Waals surface area contributed by atoms with Gasteiger partial charge in [0.1, 0.15) is 29.1 Å². The molecule has 28 heteroatoms. The van der Waals surface area contributed by atoms with Crippen LogP contribution in [0, 0.1) is 72.8 Å². The van der Waals surface area contributed by atoms with E-state index in [4.69, 9.17) is 81.3 Å². The third kappa shape index (κ3) is 135. The quantitative estimate of drug-likeness (QED) is 0.0342. The molecule has 0 amide bonds. The van der Waals surface area contributed by atoms with Crippen molar-refractivity contribution in [1.82, 2.24) is 49.8 Å². The fourth-order valence-corrected chi connectivity index (χ4v) is 7.58. The zero-order valence-corrected chi connectivity index (χ0v) is 108. The van der Waals surface area contributed by atoms with Gasteiger partial charge in [0.15, 0.2) is 0 Å². The molecule has 0 radical (unpaired) electrons. The van der Waals surface area contributed by atoms with Crippen molar-refractivity contribution in [3.8, 4) is 0 Å². The molecule has 5 heterocycles. The fourth-order valence-electron chi connectivity index (χ4n) is 7.58. The van der Waals surface area contributed by atoms with Crippen LogP contribution in [0.4, 0.5) is 0 Å². The molecular weight excluding hydrogens is 1870 g/mol. The van der Waals surface area contributed by atoms with Gasteiger partial charge in [0, 0.05) is 236 Å². The number of aliphatic hydroxyl groups is 13. The van der Waals surface area contributed by atoms with Crippen LogP contribution < -0.4 is 0 Å². The molecule has 0 saturated heterocycles. The summed E-state index contributed by atoms with van der Waals surface area (Å²) in [5.41, 5.74) is 12.3. The maximum Gasteiger partial charge on any atom is 2.00 e. The second-order valence-electron chi connectivity index (χ2n) is 39.8. The molecule has 0 spiro atoms. The molecular formula is C107H237N10O13Ti5-3. The maximum absolute atomic E-state index is 8.06. The maximum atomic E-state index is 8.06. The van der Waals surface area contributed by atoms with Crippen molar-refractivity contribution >= 4 is 0 Å². The minimum absolute atomic E-state index is 0. The molecule has 0 unspecified atom stereocenters. The summed E-state index contributed by atoms with van der Waals surface area (Å²) in [5.74, 6) is 5.90. The van der Waals surface area contributed by atoms with Crippen molar-refractivity contribution in [2.45, 2.75) is 549 Å². The largest absolute Gasteiger partial charge is 2.00 e. The third-order valence-electron chi connectivity index (χ3n) is 16.0. The van der Waals surface area contributed by atoms with Crippen LogP contribution in [0.1, 0.15) is 485 Å². The van der Waals surface area contributed by atoms with Crippen LogP contribution in [0.2, 0.25) is 0 Å². The van der Waals surface area contributed by atoms with Gasteiger partial charge in [-0.15, -0.1) is 0 Å². The van der Waals surface area contributed by atoms with Gasteiger partial charge in [0.2, 0.25) is 0 Å². The topological polar surface area (TPSA) is 406 Å². The molecule has 0 aliphatic carbocycles. The zero-order valence-electron chi connectivity index (χ0n) is 101. The monoisotopic (exact) mass is 2110 g/mol. The first-order valence-corrected chi connectivity index (χ1v) is 46.1. The van der Waals surface area contributed by atoms with E-state index in [1.807, 2.05) is 27.0 Å². The molecule has 5 rings (SSSR count). The van der Waals surface area contributed by atoms with E-state index in [9.17, 15) is 0 Å². The summed E-state index contributed by atoms with van der Waals surface area (Å²) in [5, 5.41) is 104. The van der Waals surface area contributed by atoms with Gasteiger partial charge < -0.3 is 143 Å². The van der Waals surface area contributed by atoms with Crippen molar-refractivity contribution in [3.63, 3.8) is 0 Å². The summed E-state index contributed by atoms with van der Waals surface area (Å²) in [4.78, 5) is 40.4. The average Bonchev–Trinajstić information content (AvgIpc) is 1.66. The van der Waals surface area contributed by atoms with Crippen molar-refractivity contribution in [1.29, 1.82) is 0 Å². The third-order valence-corrected chi connectivity index (χ3v) is 16.0. The second kappa shape index (κ2) is 109. The number of aromatic amines is 5. The van der Waals surface area contributed by atoms with Gasteiger partial charge in [-0.1, -0.05) is 194 Å². The van der Waals surface area contributed by atoms with Crippen LogP contribution in [-0.2, 0) is 165 Å². The van der Waals surface area contributed by atoms with E-state index in [1.165, 1.54) is 45.6 Å². The van der Waals surface area contributed by atoms with Crippen LogP contribution in [0.3, 0.4) is 0 Å². The number of rotatable bonds is 15. The van der Waals surface area contributed by atoms with Crippen LogP contribution in [0.15, 0.2) is 6.20 Å². The van der Waals surface area contributed by atoms with Crippen molar-refractivity contribution < 1.29 is 175 Å². The van der Waals surface area contributed by atoms with Gasteiger partial charge in [-0.05, 0) is 232 Å². The van der Waals surface area contributed by atoms with E-state index in [1.54, 1.807) is 166 Å². The average molecular weight is 2110 g/mol. The van der Waals surface area contributed by atoms with Gasteiger partial charge in [0.25, 0.3) is 0 Å². The number of H-pyrrole nitrogens is 5. The summed E-state index contributed by atoms with van der Waals surface area (Å²) in [7, 11) is 0. The summed E-state index contributed by atoms with van der Waals surface area (Å²) in [6, 6.07) is 0. The summed E-state index contributed by atoms with van der Waals surface area (Å²) < 4.78 is 0. The molecule has 18 N–H and O–H groups in total. The zero-order chi connectivity index (χ0) is 102. The SMILES string of the molecule is CC(C)O.CC(C)O.CC(C)O.CC(C)O.CC(C)O.CC(C)O.CC(C)O.CC(C)O.CC(C)O.CC(C)O.CC(C)O.CCC(C)(C)c1nc(C(C)(C)C)[nH]c1C(C)(C)CC.CCC(C)(C)c1nc(C(C)(C)C)[nH]c1C(C)(C)CC.CCC(C)(C)c1nc(C(C)C)[nH]c1C(C)(C)CC.CCO.CCO.CCc1cnc(CC)[nH]1.Cc1nc(C)c(C)[nH]1.[CH3-].[CH3-].[CH3-].[CH3-].[CH3-].[CH3-].[CH3-].[Ti+2].[Ti+2].[Ti].[Ti].[Ti].